The molecule has 2 heterocycles. The molecule has 0 atom stereocenters. The van der Waals surface area contributed by atoms with E-state index in [9.17, 15) is 0 Å². The van der Waals surface area contributed by atoms with Crippen molar-refractivity contribution in [3.63, 3.8) is 0 Å². The van der Waals surface area contributed by atoms with Gasteiger partial charge in [0.25, 0.3) is 0 Å². The smallest absolute Gasteiger partial charge is 0.138 e. The number of fused-ring (bicyclic) bond motifs is 1. The predicted octanol–water partition coefficient (Wildman–Crippen LogP) is 8.13. The van der Waals surface area contributed by atoms with Crippen LogP contribution in [0.1, 0.15) is 25.4 Å². The molecule has 0 aliphatic carbocycles. The van der Waals surface area contributed by atoms with Crippen LogP contribution in [0, 0.1) is 45.3 Å². The summed E-state index contributed by atoms with van der Waals surface area (Å²) >= 11 is 0. The van der Waals surface area contributed by atoms with Crippen LogP contribution in [0.25, 0.3) is 45.6 Å². The third-order valence-electron chi connectivity index (χ3n) is 5.95. The molecule has 0 bridgehead atoms. The topological polar surface area (TPSA) is 140 Å². The molecule has 0 aliphatic heterocycles. The SMILES string of the molecule is CCOc1cc2cc(OCC)c(-c3ccc(/C=C/C=C(C#N)C#N)o3)cc2cc1-c1ccc(/C=C/C=C(C#N)C#N)o1. The maximum absolute atomic E-state index is 8.90. The molecule has 8 nitrogen and oxygen atoms in total. The van der Waals surface area contributed by atoms with Crippen LogP contribution in [0.4, 0.5) is 0 Å². The molecule has 0 radical (unpaired) electrons. The van der Waals surface area contributed by atoms with E-state index in [0.717, 1.165) is 21.9 Å². The highest BCUT2D eigenvalue weighted by molar-refractivity contribution is 5.94. The third kappa shape index (κ3) is 6.67. The van der Waals surface area contributed by atoms with Gasteiger partial charge in [0.1, 0.15) is 70.0 Å². The summed E-state index contributed by atoms with van der Waals surface area (Å²) in [5, 5.41) is 37.4. The predicted molar refractivity (Wildman–Crippen MR) is 158 cm³/mol. The normalized spacial score (nSPS) is 10.5. The molecule has 42 heavy (non-hydrogen) atoms. The lowest BCUT2D eigenvalue weighted by molar-refractivity contribution is 0.340. The van der Waals surface area contributed by atoms with E-state index in [1.807, 2.05) is 74.5 Å². The molecule has 0 N–H and O–H groups in total. The van der Waals surface area contributed by atoms with Crippen LogP contribution in [-0.2, 0) is 0 Å². The summed E-state index contributed by atoms with van der Waals surface area (Å²) in [4.78, 5) is 0. The van der Waals surface area contributed by atoms with Gasteiger partial charge in [0.2, 0.25) is 0 Å². The number of hydrogen-bond acceptors (Lipinski definition) is 8. The molecule has 204 valence electrons. The molecule has 0 saturated carbocycles. The van der Waals surface area contributed by atoms with Crippen molar-refractivity contribution in [2.75, 3.05) is 13.2 Å². The molecule has 2 aromatic carbocycles. The zero-order valence-corrected chi connectivity index (χ0v) is 22.9. The van der Waals surface area contributed by atoms with Gasteiger partial charge < -0.3 is 18.3 Å². The zero-order valence-electron chi connectivity index (χ0n) is 22.9. The van der Waals surface area contributed by atoms with Crippen molar-refractivity contribution in [3.8, 4) is 58.4 Å². The Morgan fingerprint density at radius 3 is 1.43 bits per heavy atom. The highest BCUT2D eigenvalue weighted by atomic mass is 16.5. The van der Waals surface area contributed by atoms with Gasteiger partial charge in [0, 0.05) is 0 Å². The maximum atomic E-state index is 8.90. The van der Waals surface area contributed by atoms with Crippen molar-refractivity contribution < 1.29 is 18.3 Å². The second kappa shape index (κ2) is 13.7. The van der Waals surface area contributed by atoms with Crippen LogP contribution in [0.3, 0.4) is 0 Å². The van der Waals surface area contributed by atoms with E-state index in [4.69, 9.17) is 39.4 Å². The Morgan fingerprint density at radius 2 is 1.05 bits per heavy atom. The van der Waals surface area contributed by atoms with E-state index in [1.54, 1.807) is 36.4 Å². The molecule has 0 saturated heterocycles. The fourth-order valence-electron chi connectivity index (χ4n) is 4.09. The number of nitrogens with zero attached hydrogens (tertiary/aromatic N) is 4. The molecule has 0 fully saturated rings. The summed E-state index contributed by atoms with van der Waals surface area (Å²) in [6.07, 6.45) is 9.36. The number of ether oxygens (including phenoxy) is 2. The standard InChI is InChI=1S/C34H24N4O4/c1-3-39-33-17-26-18-34(40-4-2)30(32-14-12-28(42-32)10-6-8-24(21-37)22-38)16-25(26)15-29(33)31-13-11-27(41-31)9-5-7-23(19-35)20-36/h5-18H,3-4H2,1-2H3/b9-5+,10-6+. The molecule has 4 aromatic rings. The molecular formula is C34H24N4O4. The van der Waals surface area contributed by atoms with Crippen LogP contribution in [0.2, 0.25) is 0 Å². The van der Waals surface area contributed by atoms with Gasteiger partial charge in [-0.2, -0.15) is 21.0 Å². The van der Waals surface area contributed by atoms with Gasteiger partial charge in [-0.05, 0) is 97.5 Å². The maximum Gasteiger partial charge on any atom is 0.138 e. The molecule has 8 heteroatoms. The first-order valence-electron chi connectivity index (χ1n) is 13.0. The highest BCUT2D eigenvalue weighted by Crippen LogP contribution is 2.41. The van der Waals surface area contributed by atoms with Gasteiger partial charge in [-0.15, -0.1) is 0 Å². The molecule has 0 spiro atoms. The number of furan rings is 2. The fraction of sp³-hybridized carbons (Fsp3) is 0.118. The Morgan fingerprint density at radius 1 is 0.643 bits per heavy atom. The highest BCUT2D eigenvalue weighted by Gasteiger charge is 2.17. The second-order valence-electron chi connectivity index (χ2n) is 8.64. The first-order chi connectivity index (χ1) is 20.5. The molecule has 4 rings (SSSR count). The van der Waals surface area contributed by atoms with Gasteiger partial charge in [0.15, 0.2) is 0 Å². The Labute approximate surface area is 243 Å². The summed E-state index contributed by atoms with van der Waals surface area (Å²) in [6, 6.07) is 22.4. The third-order valence-corrected chi connectivity index (χ3v) is 5.95. The van der Waals surface area contributed by atoms with Crippen LogP contribution in [-0.4, -0.2) is 13.2 Å². The van der Waals surface area contributed by atoms with E-state index in [-0.39, 0.29) is 11.1 Å². The largest absolute Gasteiger partial charge is 0.493 e. The Hall–Kier alpha value is -6.22. The van der Waals surface area contributed by atoms with Gasteiger partial charge in [0.05, 0.1) is 24.3 Å². The van der Waals surface area contributed by atoms with E-state index in [1.165, 1.54) is 12.2 Å². The number of benzene rings is 2. The minimum atomic E-state index is -0.00270. The number of allylic oxidation sites excluding steroid dienone is 6. The van der Waals surface area contributed by atoms with Gasteiger partial charge in [-0.1, -0.05) is 12.2 Å². The average Bonchev–Trinajstić information content (AvgIpc) is 3.67. The lowest BCUT2D eigenvalue weighted by Gasteiger charge is -2.14. The van der Waals surface area contributed by atoms with Gasteiger partial charge >= 0.3 is 0 Å². The van der Waals surface area contributed by atoms with Crippen LogP contribution >= 0.6 is 0 Å². The summed E-state index contributed by atoms with van der Waals surface area (Å²) < 4.78 is 24.0. The Kier molecular flexibility index (Phi) is 9.40. The lowest BCUT2D eigenvalue weighted by atomic mass is 10.00. The van der Waals surface area contributed by atoms with E-state index < -0.39 is 0 Å². The lowest BCUT2D eigenvalue weighted by Crippen LogP contribution is -1.96. The Bertz CT molecular complexity index is 1740. The van der Waals surface area contributed by atoms with E-state index in [2.05, 4.69) is 0 Å². The van der Waals surface area contributed by atoms with Crippen LogP contribution in [0.5, 0.6) is 11.5 Å². The Balaban J connectivity index is 1.76. The minimum Gasteiger partial charge on any atom is -0.493 e. The quantitative estimate of drug-likeness (QED) is 0.142. The molecule has 0 amide bonds. The van der Waals surface area contributed by atoms with E-state index in [0.29, 0.717) is 47.8 Å². The number of hydrogen-bond donors (Lipinski definition) is 0. The van der Waals surface area contributed by atoms with Crippen molar-refractivity contribution in [1.29, 1.82) is 21.0 Å². The summed E-state index contributed by atoms with van der Waals surface area (Å²) in [5.74, 6) is 3.58. The fourth-order valence-corrected chi connectivity index (χ4v) is 4.09. The molecule has 0 unspecified atom stereocenters. The molecular weight excluding hydrogens is 528 g/mol. The summed E-state index contributed by atoms with van der Waals surface area (Å²) in [6.45, 7) is 4.74. The first-order valence-corrected chi connectivity index (χ1v) is 13.0. The number of nitriles is 4. The van der Waals surface area contributed by atoms with Crippen LogP contribution < -0.4 is 9.47 Å². The monoisotopic (exact) mass is 552 g/mol. The van der Waals surface area contributed by atoms with Crippen molar-refractivity contribution in [3.05, 3.63) is 95.5 Å². The minimum absolute atomic E-state index is 0.00270. The molecule has 0 aliphatic rings. The van der Waals surface area contributed by atoms with Crippen LogP contribution in [0.15, 0.2) is 92.8 Å². The van der Waals surface area contributed by atoms with Gasteiger partial charge in [-0.25, -0.2) is 0 Å². The first kappa shape index (κ1) is 28.8. The summed E-state index contributed by atoms with van der Waals surface area (Å²) in [7, 11) is 0. The van der Waals surface area contributed by atoms with E-state index >= 15 is 0 Å². The zero-order chi connectivity index (χ0) is 29.9. The summed E-state index contributed by atoms with van der Waals surface area (Å²) in [5.41, 5.74) is 1.50. The molecule has 2 aromatic heterocycles. The van der Waals surface area contributed by atoms with Crippen molar-refractivity contribution in [2.24, 2.45) is 0 Å². The van der Waals surface area contributed by atoms with Crippen molar-refractivity contribution >= 4 is 22.9 Å². The average molecular weight is 553 g/mol. The number of rotatable bonds is 10. The van der Waals surface area contributed by atoms with Crippen molar-refractivity contribution in [2.45, 2.75) is 13.8 Å². The second-order valence-corrected chi connectivity index (χ2v) is 8.64. The van der Waals surface area contributed by atoms with Crippen molar-refractivity contribution in [1.82, 2.24) is 0 Å². The van der Waals surface area contributed by atoms with Gasteiger partial charge in [-0.3, -0.25) is 0 Å².